The third kappa shape index (κ3) is 4.25. The lowest BCUT2D eigenvalue weighted by molar-refractivity contribution is -0.145. The predicted octanol–water partition coefficient (Wildman–Crippen LogP) is 1.28. The molecule has 2 aromatic heterocycles. The fourth-order valence-electron chi connectivity index (χ4n) is 3.22. The zero-order valence-electron chi connectivity index (χ0n) is 15.4. The van der Waals surface area contributed by atoms with Crippen LogP contribution in [0.25, 0.3) is 0 Å². The summed E-state index contributed by atoms with van der Waals surface area (Å²) < 4.78 is 5.16. The number of piperidine rings is 1. The molecular weight excluding hydrogens is 362 g/mol. The van der Waals surface area contributed by atoms with E-state index in [0.29, 0.717) is 12.4 Å². The van der Waals surface area contributed by atoms with E-state index in [1.807, 2.05) is 6.07 Å². The van der Waals surface area contributed by atoms with Crippen molar-refractivity contribution in [2.24, 2.45) is 5.73 Å². The Labute approximate surface area is 161 Å². The van der Waals surface area contributed by atoms with Gasteiger partial charge in [0.1, 0.15) is 0 Å². The third-order valence-electron chi connectivity index (χ3n) is 4.59. The van der Waals surface area contributed by atoms with Crippen molar-refractivity contribution in [2.75, 3.05) is 19.0 Å². The maximum absolute atomic E-state index is 12.8. The molecule has 0 unspecified atom stereocenters. The predicted molar refractivity (Wildman–Crippen MR) is 100 cm³/mol. The van der Waals surface area contributed by atoms with Gasteiger partial charge >= 0.3 is 11.8 Å². The van der Waals surface area contributed by atoms with Crippen LogP contribution in [-0.2, 0) is 9.59 Å². The second-order valence-electron chi connectivity index (χ2n) is 6.42. The van der Waals surface area contributed by atoms with Crippen LogP contribution in [-0.4, -0.2) is 46.2 Å². The molecule has 1 aliphatic heterocycles. The van der Waals surface area contributed by atoms with Gasteiger partial charge in [-0.2, -0.15) is 0 Å². The smallest absolute Gasteiger partial charge is 0.313 e. The fourth-order valence-corrected chi connectivity index (χ4v) is 3.22. The number of nitrogens with zero attached hydrogens (tertiary/aromatic N) is 3. The number of hydrogen-bond acceptors (Lipinski definition) is 6. The SMILES string of the molecule is COc1cc([C@@H]2CCCCN2C(=O)C(=O)Nc2cncc(C(N)=O)c2)ccn1. The molecule has 1 saturated heterocycles. The van der Waals surface area contributed by atoms with Crippen LogP contribution in [0.15, 0.2) is 36.8 Å². The van der Waals surface area contributed by atoms with Gasteiger partial charge in [-0.25, -0.2) is 4.98 Å². The van der Waals surface area contributed by atoms with Gasteiger partial charge in [0.25, 0.3) is 0 Å². The second kappa shape index (κ2) is 8.47. The van der Waals surface area contributed by atoms with E-state index in [1.54, 1.807) is 17.2 Å². The Kier molecular flexibility index (Phi) is 5.83. The van der Waals surface area contributed by atoms with Crippen molar-refractivity contribution in [2.45, 2.75) is 25.3 Å². The number of nitrogens with two attached hydrogens (primary N) is 1. The number of aromatic nitrogens is 2. The number of nitrogens with one attached hydrogen (secondary N) is 1. The van der Waals surface area contributed by atoms with Crippen LogP contribution in [0.5, 0.6) is 5.88 Å². The summed E-state index contributed by atoms with van der Waals surface area (Å²) in [6.07, 6.45) is 6.76. The molecule has 3 amide bonds. The maximum atomic E-state index is 12.8. The highest BCUT2D eigenvalue weighted by molar-refractivity contribution is 6.39. The van der Waals surface area contributed by atoms with Crippen molar-refractivity contribution in [1.29, 1.82) is 0 Å². The molecule has 0 bridgehead atoms. The van der Waals surface area contributed by atoms with Crippen LogP contribution >= 0.6 is 0 Å². The molecule has 0 aromatic carbocycles. The van der Waals surface area contributed by atoms with Crippen LogP contribution in [0.1, 0.15) is 41.2 Å². The van der Waals surface area contributed by atoms with Gasteiger partial charge < -0.3 is 20.7 Å². The summed E-state index contributed by atoms with van der Waals surface area (Å²) in [5.41, 5.74) is 6.45. The van der Waals surface area contributed by atoms with E-state index in [9.17, 15) is 14.4 Å². The Balaban J connectivity index is 1.77. The Bertz CT molecular complexity index is 901. The summed E-state index contributed by atoms with van der Waals surface area (Å²) in [5, 5.41) is 2.49. The van der Waals surface area contributed by atoms with Gasteiger partial charge in [0.15, 0.2) is 0 Å². The molecule has 9 nitrogen and oxygen atoms in total. The zero-order chi connectivity index (χ0) is 20.1. The quantitative estimate of drug-likeness (QED) is 0.766. The van der Waals surface area contributed by atoms with Crippen LogP contribution in [0, 0.1) is 0 Å². The standard InChI is InChI=1S/C19H21N5O4/c1-28-16-9-12(5-6-22-16)15-4-2-3-7-24(15)19(27)18(26)23-14-8-13(17(20)25)10-21-11-14/h5-6,8-11,15H,2-4,7H2,1H3,(H2,20,25)(H,23,26)/t15-/m0/s1. The molecule has 0 saturated carbocycles. The first-order chi connectivity index (χ1) is 13.5. The number of anilines is 1. The topological polar surface area (TPSA) is 128 Å². The molecule has 28 heavy (non-hydrogen) atoms. The van der Waals surface area contributed by atoms with E-state index >= 15 is 0 Å². The van der Waals surface area contributed by atoms with E-state index in [4.69, 9.17) is 10.5 Å². The minimum Gasteiger partial charge on any atom is -0.481 e. The van der Waals surface area contributed by atoms with Crippen molar-refractivity contribution in [3.05, 3.63) is 47.9 Å². The monoisotopic (exact) mass is 383 g/mol. The van der Waals surface area contributed by atoms with Gasteiger partial charge in [0.2, 0.25) is 11.8 Å². The van der Waals surface area contributed by atoms with E-state index in [1.165, 1.54) is 25.6 Å². The first kappa shape index (κ1) is 19.3. The fraction of sp³-hybridized carbons (Fsp3) is 0.316. The molecule has 1 atom stereocenters. The first-order valence-electron chi connectivity index (χ1n) is 8.86. The molecular formula is C19H21N5O4. The molecule has 2 aromatic rings. The molecule has 1 fully saturated rings. The molecule has 0 radical (unpaired) electrons. The van der Waals surface area contributed by atoms with Crippen LogP contribution in [0.3, 0.4) is 0 Å². The molecule has 9 heteroatoms. The number of carbonyl (C=O) groups is 3. The van der Waals surface area contributed by atoms with Crippen molar-refractivity contribution in [3.8, 4) is 5.88 Å². The average Bonchev–Trinajstić information content (AvgIpc) is 2.73. The number of primary amides is 1. The average molecular weight is 383 g/mol. The Hall–Kier alpha value is -3.49. The number of ether oxygens (including phenoxy) is 1. The highest BCUT2D eigenvalue weighted by atomic mass is 16.5. The lowest BCUT2D eigenvalue weighted by Crippen LogP contribution is -2.44. The van der Waals surface area contributed by atoms with Gasteiger partial charge in [-0.1, -0.05) is 0 Å². The highest BCUT2D eigenvalue weighted by Gasteiger charge is 2.32. The maximum Gasteiger partial charge on any atom is 0.313 e. The van der Waals surface area contributed by atoms with Crippen molar-refractivity contribution < 1.29 is 19.1 Å². The van der Waals surface area contributed by atoms with Gasteiger partial charge in [-0.05, 0) is 37.0 Å². The summed E-state index contributed by atoms with van der Waals surface area (Å²) in [7, 11) is 1.53. The largest absolute Gasteiger partial charge is 0.481 e. The number of carbonyl (C=O) groups excluding carboxylic acids is 3. The van der Waals surface area contributed by atoms with Crippen molar-refractivity contribution in [3.63, 3.8) is 0 Å². The summed E-state index contributed by atoms with van der Waals surface area (Å²) in [6.45, 7) is 0.473. The zero-order valence-corrected chi connectivity index (χ0v) is 15.4. The lowest BCUT2D eigenvalue weighted by atomic mass is 9.95. The molecule has 1 aliphatic rings. The van der Waals surface area contributed by atoms with Crippen LogP contribution in [0.4, 0.5) is 5.69 Å². The number of rotatable bonds is 4. The summed E-state index contributed by atoms with van der Waals surface area (Å²) in [5.74, 6) is -1.66. The lowest BCUT2D eigenvalue weighted by Gasteiger charge is -2.35. The van der Waals surface area contributed by atoms with E-state index in [2.05, 4.69) is 15.3 Å². The third-order valence-corrected chi connectivity index (χ3v) is 4.59. The second-order valence-corrected chi connectivity index (χ2v) is 6.42. The van der Waals surface area contributed by atoms with Crippen LogP contribution in [0.2, 0.25) is 0 Å². The minimum atomic E-state index is -0.795. The van der Waals surface area contributed by atoms with Crippen LogP contribution < -0.4 is 15.8 Å². The summed E-state index contributed by atoms with van der Waals surface area (Å²) >= 11 is 0. The van der Waals surface area contributed by atoms with E-state index in [0.717, 1.165) is 24.8 Å². The number of pyridine rings is 2. The van der Waals surface area contributed by atoms with Crippen molar-refractivity contribution >= 4 is 23.4 Å². The molecule has 3 rings (SSSR count). The minimum absolute atomic E-state index is 0.143. The Morgan fingerprint density at radius 1 is 1.25 bits per heavy atom. The molecule has 0 spiro atoms. The Morgan fingerprint density at radius 2 is 2.07 bits per heavy atom. The first-order valence-corrected chi connectivity index (χ1v) is 8.86. The van der Waals surface area contributed by atoms with Gasteiger partial charge in [0, 0.05) is 25.0 Å². The molecule has 3 heterocycles. The number of methoxy groups -OCH3 is 1. The number of likely N-dealkylation sites (tertiary alicyclic amines) is 1. The molecule has 3 N–H and O–H groups in total. The van der Waals surface area contributed by atoms with E-state index < -0.39 is 17.7 Å². The number of amides is 3. The highest BCUT2D eigenvalue weighted by Crippen LogP contribution is 2.32. The summed E-state index contributed by atoms with van der Waals surface area (Å²) in [4.78, 5) is 46.1. The summed E-state index contributed by atoms with van der Waals surface area (Å²) in [6, 6.07) is 4.73. The molecule has 0 aliphatic carbocycles. The Morgan fingerprint density at radius 3 is 2.82 bits per heavy atom. The van der Waals surface area contributed by atoms with Crippen molar-refractivity contribution in [1.82, 2.24) is 14.9 Å². The van der Waals surface area contributed by atoms with Gasteiger partial charge in [-0.15, -0.1) is 0 Å². The van der Waals surface area contributed by atoms with Gasteiger partial charge in [0.05, 0.1) is 30.6 Å². The van der Waals surface area contributed by atoms with E-state index in [-0.39, 0.29) is 17.3 Å². The normalized spacial score (nSPS) is 16.3. The van der Waals surface area contributed by atoms with Gasteiger partial charge in [-0.3, -0.25) is 19.4 Å². The molecule has 146 valence electrons. The number of hydrogen-bond donors (Lipinski definition) is 2.